The number of fused-ring (bicyclic) bond motifs is 6. The van der Waals surface area contributed by atoms with Crippen molar-refractivity contribution in [3.05, 3.63) is 83.1 Å². The molecule has 2 aromatic heterocycles. The lowest BCUT2D eigenvalue weighted by Gasteiger charge is -2.37. The number of nitrogens with zero attached hydrogens (tertiary/aromatic N) is 8. The summed E-state index contributed by atoms with van der Waals surface area (Å²) in [5, 5.41) is 19.3. The molecule has 15 heteroatoms. The van der Waals surface area contributed by atoms with Crippen molar-refractivity contribution in [3.8, 4) is 17.0 Å². The Bertz CT molecular complexity index is 2910. The minimum Gasteiger partial charge on any atom is -0.508 e. The van der Waals surface area contributed by atoms with Crippen molar-refractivity contribution in [1.82, 2.24) is 40.3 Å². The quantitative estimate of drug-likeness (QED) is 0.133. The van der Waals surface area contributed by atoms with Gasteiger partial charge in [-0.1, -0.05) is 25.1 Å². The van der Waals surface area contributed by atoms with Gasteiger partial charge >= 0.3 is 0 Å². The lowest BCUT2D eigenvalue weighted by Crippen LogP contribution is -2.52. The number of piperidine rings is 2. The zero-order valence-corrected chi connectivity index (χ0v) is 39.4. The highest BCUT2D eigenvalue weighted by atomic mass is 19.1. The Morgan fingerprint density at radius 2 is 1.67 bits per heavy atom. The molecule has 6 atom stereocenters. The van der Waals surface area contributed by atoms with Crippen molar-refractivity contribution in [2.45, 2.75) is 89.4 Å². The second-order valence-electron chi connectivity index (χ2n) is 21.8. The Kier molecular flexibility index (Phi) is 10.5. The van der Waals surface area contributed by atoms with E-state index in [9.17, 15) is 19.5 Å². The van der Waals surface area contributed by atoms with Crippen LogP contribution >= 0.6 is 0 Å². The number of anilines is 2. The summed E-state index contributed by atoms with van der Waals surface area (Å²) in [6.07, 6.45) is 9.53. The zero-order chi connectivity index (χ0) is 46.7. The molecule has 0 radical (unpaired) electrons. The molecule has 13 rings (SSSR count). The number of piperazine rings is 2. The second-order valence-corrected chi connectivity index (χ2v) is 21.8. The first-order valence-electron chi connectivity index (χ1n) is 25.7. The number of aromatic nitrogens is 3. The molecule has 5 saturated heterocycles. The number of rotatable bonds is 12. The lowest BCUT2D eigenvalue weighted by molar-refractivity contribution is -0.136. The molecule has 3 aromatic carbocycles. The van der Waals surface area contributed by atoms with Crippen LogP contribution in [-0.4, -0.2) is 136 Å². The molecule has 358 valence electrons. The molecular weight excluding hydrogens is 872 g/mol. The fourth-order valence-corrected chi connectivity index (χ4v) is 13.5. The number of phenols is 1. The molecule has 69 heavy (non-hydrogen) atoms. The van der Waals surface area contributed by atoms with E-state index in [1.807, 2.05) is 24.3 Å². The maximum atomic E-state index is 17.2. The van der Waals surface area contributed by atoms with Crippen LogP contribution in [0.4, 0.5) is 15.9 Å². The maximum Gasteiger partial charge on any atom is 0.255 e. The molecule has 0 spiro atoms. The standard InChI is InChI=1S/C54H61FN10O4/c1-2-31-4-3-5-32-21-37(66)22-39(47(31)32)49-48(55)50-40(23-56-49)51(64-25-34-6-7-35(26-64)57-34)59-45(58-50)12-13-54(14-15-54)30-62-28-42-41(43(42)29-62)27-61-16-18-63(19-17-61)36-8-9-38-33(20-36)24-65(53(38)69)44-10-11-46(67)60-52(44)68/h3-5,8-9,20-23,34-35,41-44,57,66H,2,6-7,10-19,24-30H2,1H3,(H,60,67,68)/t34?,35?,41?,42-,43+,44-/m0/s1. The van der Waals surface area contributed by atoms with Crippen LogP contribution in [0.15, 0.2) is 54.7 Å². The van der Waals surface area contributed by atoms with Gasteiger partial charge in [-0.15, -0.1) is 0 Å². The predicted octanol–water partition coefficient (Wildman–Crippen LogP) is 5.67. The predicted molar refractivity (Wildman–Crippen MR) is 261 cm³/mol. The summed E-state index contributed by atoms with van der Waals surface area (Å²) in [5.41, 5.74) is 5.18. The molecular formula is C54H61FN10O4. The number of aryl methyl sites for hydroxylation is 2. The summed E-state index contributed by atoms with van der Waals surface area (Å²) in [6, 6.07) is 15.7. The Morgan fingerprint density at radius 3 is 2.42 bits per heavy atom. The minimum absolute atomic E-state index is 0.0839. The number of hydrogen-bond acceptors (Lipinski definition) is 12. The molecule has 8 heterocycles. The molecule has 14 nitrogen and oxygen atoms in total. The molecule has 2 saturated carbocycles. The monoisotopic (exact) mass is 932 g/mol. The summed E-state index contributed by atoms with van der Waals surface area (Å²) >= 11 is 0. The molecule has 2 bridgehead atoms. The number of amides is 3. The minimum atomic E-state index is -0.599. The van der Waals surface area contributed by atoms with Gasteiger partial charge < -0.3 is 30.0 Å². The molecule has 3 amide bonds. The first-order chi connectivity index (χ1) is 33.6. The molecule has 6 aliphatic heterocycles. The number of imide groups is 1. The highest BCUT2D eigenvalue weighted by Gasteiger charge is 2.57. The van der Waals surface area contributed by atoms with Crippen LogP contribution in [0.25, 0.3) is 32.9 Å². The molecule has 8 aliphatic rings. The van der Waals surface area contributed by atoms with Crippen molar-refractivity contribution < 1.29 is 23.9 Å². The van der Waals surface area contributed by atoms with Crippen LogP contribution in [-0.2, 0) is 29.0 Å². The van der Waals surface area contributed by atoms with Crippen molar-refractivity contribution >= 4 is 50.9 Å². The van der Waals surface area contributed by atoms with Gasteiger partial charge in [0.05, 0.1) is 5.39 Å². The van der Waals surface area contributed by atoms with Crippen molar-refractivity contribution in [3.63, 3.8) is 0 Å². The lowest BCUT2D eigenvalue weighted by atomic mass is 9.95. The largest absolute Gasteiger partial charge is 0.508 e. The van der Waals surface area contributed by atoms with Crippen LogP contribution in [0.5, 0.6) is 5.75 Å². The van der Waals surface area contributed by atoms with Crippen LogP contribution in [0, 0.1) is 29.0 Å². The van der Waals surface area contributed by atoms with Crippen molar-refractivity contribution in [1.29, 1.82) is 0 Å². The number of benzene rings is 3. The van der Waals surface area contributed by atoms with E-state index in [-0.39, 0.29) is 41.0 Å². The molecule has 3 unspecified atom stereocenters. The van der Waals surface area contributed by atoms with Crippen LogP contribution in [0.1, 0.15) is 79.2 Å². The molecule has 7 fully saturated rings. The van der Waals surface area contributed by atoms with Gasteiger partial charge in [-0.25, -0.2) is 14.4 Å². The van der Waals surface area contributed by atoms with E-state index in [2.05, 4.69) is 49.3 Å². The smallest absolute Gasteiger partial charge is 0.255 e. The maximum absolute atomic E-state index is 17.2. The van der Waals surface area contributed by atoms with E-state index in [1.54, 1.807) is 23.2 Å². The third-order valence-corrected chi connectivity index (χ3v) is 17.5. The number of carbonyl (C=O) groups is 3. The van der Waals surface area contributed by atoms with Crippen LogP contribution in [0.3, 0.4) is 0 Å². The summed E-state index contributed by atoms with van der Waals surface area (Å²) in [7, 11) is 0. The van der Waals surface area contributed by atoms with Gasteiger partial charge in [0.2, 0.25) is 11.8 Å². The summed E-state index contributed by atoms with van der Waals surface area (Å²) in [6.45, 7) is 12.7. The fourth-order valence-electron chi connectivity index (χ4n) is 13.5. The number of halogens is 1. The fraction of sp³-hybridized carbons (Fsp3) is 0.519. The zero-order valence-electron chi connectivity index (χ0n) is 39.4. The highest BCUT2D eigenvalue weighted by molar-refractivity contribution is 6.06. The van der Waals surface area contributed by atoms with Crippen molar-refractivity contribution in [2.75, 3.05) is 75.2 Å². The Balaban J connectivity index is 0.647. The number of carbonyl (C=O) groups excluding carboxylic acids is 3. The summed E-state index contributed by atoms with van der Waals surface area (Å²) < 4.78 is 17.2. The van der Waals surface area contributed by atoms with E-state index < -0.39 is 11.9 Å². The Labute approximate surface area is 401 Å². The number of likely N-dealkylation sites (tertiary alicyclic amines) is 1. The number of aromatic hydroxyl groups is 1. The average molecular weight is 933 g/mol. The number of nitrogens with one attached hydrogen (secondary N) is 2. The third kappa shape index (κ3) is 7.79. The van der Waals surface area contributed by atoms with Crippen molar-refractivity contribution in [2.24, 2.45) is 23.2 Å². The topological polar surface area (TPSA) is 150 Å². The number of pyridine rings is 1. The summed E-state index contributed by atoms with van der Waals surface area (Å²) in [4.78, 5) is 64.3. The van der Waals surface area contributed by atoms with Gasteiger partial charge in [0, 0.05) is 120 Å². The van der Waals surface area contributed by atoms with E-state index >= 15 is 4.39 Å². The number of hydrogen-bond donors (Lipinski definition) is 3. The second kappa shape index (κ2) is 16.7. The van der Waals surface area contributed by atoms with E-state index in [0.717, 1.165) is 129 Å². The first kappa shape index (κ1) is 43.3. The van der Waals surface area contributed by atoms with Gasteiger partial charge in [-0.05, 0) is 120 Å². The third-order valence-electron chi connectivity index (χ3n) is 17.5. The van der Waals surface area contributed by atoms with Gasteiger partial charge in [0.15, 0.2) is 5.82 Å². The molecule has 2 aliphatic carbocycles. The van der Waals surface area contributed by atoms with Crippen LogP contribution in [0.2, 0.25) is 0 Å². The van der Waals surface area contributed by atoms with Gasteiger partial charge in [0.1, 0.15) is 34.6 Å². The van der Waals surface area contributed by atoms with Gasteiger partial charge in [-0.3, -0.25) is 29.6 Å². The number of phenolic OH excluding ortho intramolecular Hbond substituents is 1. The Morgan fingerprint density at radius 1 is 0.870 bits per heavy atom. The average Bonchev–Trinajstić information content (AvgIpc) is 4.08. The molecule has 3 N–H and O–H groups in total. The Hall–Kier alpha value is -5.77. The molecule has 5 aromatic rings. The van der Waals surface area contributed by atoms with Gasteiger partial charge in [-0.2, -0.15) is 0 Å². The summed E-state index contributed by atoms with van der Waals surface area (Å²) in [5.74, 6) is 2.64. The van der Waals surface area contributed by atoms with Crippen LogP contribution < -0.4 is 20.4 Å². The normalized spacial score (nSPS) is 27.4. The van der Waals surface area contributed by atoms with E-state index in [0.29, 0.717) is 59.3 Å². The van der Waals surface area contributed by atoms with Gasteiger partial charge in [0.25, 0.3) is 5.91 Å². The highest BCUT2D eigenvalue weighted by Crippen LogP contribution is 2.56. The first-order valence-corrected chi connectivity index (χ1v) is 25.7. The van der Waals surface area contributed by atoms with E-state index in [1.165, 1.54) is 25.9 Å². The SMILES string of the molecule is CCc1cccc2cc(O)cc(-c3ncc4c(N5CC6CCC(C5)N6)nc(CCC5(CN6C[C@@H]7C(CN8CCN(c9ccc%10c(c9)CN([C@H]9CCC(=O)NC9=O)C%10=O)CC8)[C@@H]7C6)CC5)nc4c3F)c12. The van der Waals surface area contributed by atoms with E-state index in [4.69, 9.17) is 15.0 Å².